The second-order valence-corrected chi connectivity index (χ2v) is 4.30. The molecule has 1 aliphatic rings. The molecule has 2 N–H and O–H groups in total. The number of hydrogen-bond acceptors (Lipinski definition) is 2. The van der Waals surface area contributed by atoms with E-state index < -0.39 is 12.0 Å². The number of aliphatic carboxylic acids is 1. The minimum Gasteiger partial charge on any atom is -0.480 e. The van der Waals surface area contributed by atoms with Gasteiger partial charge < -0.3 is 15.3 Å². The third-order valence-electron chi connectivity index (χ3n) is 3.03. The van der Waals surface area contributed by atoms with Crippen molar-refractivity contribution in [2.75, 3.05) is 6.54 Å². The third-order valence-corrected chi connectivity index (χ3v) is 3.03. The van der Waals surface area contributed by atoms with Crippen LogP contribution in [0.25, 0.3) is 0 Å². The van der Waals surface area contributed by atoms with Gasteiger partial charge in [0.15, 0.2) is 0 Å². The van der Waals surface area contributed by atoms with Crippen molar-refractivity contribution >= 4 is 12.0 Å². The molecule has 2 amide bonds. The largest absolute Gasteiger partial charge is 0.480 e. The number of rotatable bonds is 3. The Kier molecular flexibility index (Phi) is 4.58. The molecule has 92 valence electrons. The van der Waals surface area contributed by atoms with Gasteiger partial charge in [0.05, 0.1) is 0 Å². The molecule has 5 heteroatoms. The van der Waals surface area contributed by atoms with E-state index in [1.165, 1.54) is 4.90 Å². The van der Waals surface area contributed by atoms with Gasteiger partial charge in [-0.25, -0.2) is 9.59 Å². The van der Waals surface area contributed by atoms with Crippen molar-refractivity contribution in [2.24, 2.45) is 0 Å². The van der Waals surface area contributed by atoms with Crippen molar-refractivity contribution in [3.05, 3.63) is 0 Å². The first-order valence-corrected chi connectivity index (χ1v) is 5.86. The van der Waals surface area contributed by atoms with Crippen molar-refractivity contribution in [3.63, 3.8) is 0 Å². The smallest absolute Gasteiger partial charge is 0.326 e. The molecule has 1 fully saturated rings. The van der Waals surface area contributed by atoms with Crippen LogP contribution in [0.1, 0.15) is 39.5 Å². The monoisotopic (exact) mass is 228 g/mol. The summed E-state index contributed by atoms with van der Waals surface area (Å²) in [5.74, 6) is -0.904. The molecule has 1 rings (SSSR count). The van der Waals surface area contributed by atoms with Crippen LogP contribution in [0.5, 0.6) is 0 Å². The number of nitrogens with one attached hydrogen (secondary N) is 1. The van der Waals surface area contributed by atoms with Gasteiger partial charge in [-0.2, -0.15) is 0 Å². The first kappa shape index (κ1) is 12.8. The maximum atomic E-state index is 11.8. The molecule has 2 atom stereocenters. The van der Waals surface area contributed by atoms with E-state index in [2.05, 4.69) is 5.32 Å². The van der Waals surface area contributed by atoms with Crippen LogP contribution in [0, 0.1) is 0 Å². The lowest BCUT2D eigenvalue weighted by molar-refractivity contribution is -0.143. The van der Waals surface area contributed by atoms with Crippen molar-refractivity contribution in [2.45, 2.75) is 51.6 Å². The number of carboxylic acids is 1. The normalized spacial score (nSPS) is 22.6. The van der Waals surface area contributed by atoms with Gasteiger partial charge in [0.1, 0.15) is 6.04 Å². The number of likely N-dealkylation sites (tertiary alicyclic amines) is 1. The average molecular weight is 228 g/mol. The summed E-state index contributed by atoms with van der Waals surface area (Å²) in [6, 6.07) is -0.817. The van der Waals surface area contributed by atoms with E-state index in [4.69, 9.17) is 5.11 Å². The molecule has 0 aliphatic carbocycles. The Morgan fingerprint density at radius 1 is 1.50 bits per heavy atom. The molecule has 16 heavy (non-hydrogen) atoms. The number of urea groups is 1. The van der Waals surface area contributed by atoms with Crippen LogP contribution in [0.15, 0.2) is 0 Å². The third kappa shape index (κ3) is 3.12. The van der Waals surface area contributed by atoms with Gasteiger partial charge in [0.25, 0.3) is 0 Å². The second kappa shape index (κ2) is 5.72. The summed E-state index contributed by atoms with van der Waals surface area (Å²) >= 11 is 0. The van der Waals surface area contributed by atoms with Crippen LogP contribution >= 0.6 is 0 Å². The molecular weight excluding hydrogens is 208 g/mol. The molecule has 0 bridgehead atoms. The van der Waals surface area contributed by atoms with Crippen LogP contribution < -0.4 is 5.32 Å². The lowest BCUT2D eigenvalue weighted by Gasteiger charge is -2.33. The Bertz CT molecular complexity index is 268. The lowest BCUT2D eigenvalue weighted by Crippen LogP contribution is -2.53. The fourth-order valence-corrected chi connectivity index (χ4v) is 1.83. The molecule has 0 aromatic heterocycles. The standard InChI is InChI=1S/C11H20N2O3/c1-3-8(2)12-11(16)13-7-5-4-6-9(13)10(14)15/h8-9H,3-7H2,1-2H3,(H,12,16)(H,14,15)/t8-,9+/m1/s1. The molecule has 1 saturated heterocycles. The summed E-state index contributed by atoms with van der Waals surface area (Å²) < 4.78 is 0. The van der Waals surface area contributed by atoms with Crippen LogP contribution in [0.3, 0.4) is 0 Å². The van der Waals surface area contributed by atoms with E-state index >= 15 is 0 Å². The molecule has 0 radical (unpaired) electrons. The Labute approximate surface area is 95.8 Å². The maximum absolute atomic E-state index is 11.8. The average Bonchev–Trinajstić information content (AvgIpc) is 2.28. The van der Waals surface area contributed by atoms with E-state index in [0.717, 1.165) is 19.3 Å². The summed E-state index contributed by atoms with van der Waals surface area (Å²) in [5.41, 5.74) is 0. The number of hydrogen-bond donors (Lipinski definition) is 2. The van der Waals surface area contributed by atoms with Crippen LogP contribution in [-0.4, -0.2) is 40.6 Å². The van der Waals surface area contributed by atoms with Crippen LogP contribution in [0.2, 0.25) is 0 Å². The number of piperidine rings is 1. The van der Waals surface area contributed by atoms with Gasteiger partial charge >= 0.3 is 12.0 Å². The van der Waals surface area contributed by atoms with Crippen molar-refractivity contribution in [3.8, 4) is 0 Å². The highest BCUT2D eigenvalue weighted by molar-refractivity contribution is 5.83. The maximum Gasteiger partial charge on any atom is 0.326 e. The highest BCUT2D eigenvalue weighted by atomic mass is 16.4. The summed E-state index contributed by atoms with van der Waals surface area (Å²) in [5, 5.41) is 11.8. The van der Waals surface area contributed by atoms with Crippen LogP contribution in [-0.2, 0) is 4.79 Å². The number of nitrogens with zero attached hydrogens (tertiary/aromatic N) is 1. The van der Waals surface area contributed by atoms with Crippen molar-refractivity contribution < 1.29 is 14.7 Å². The van der Waals surface area contributed by atoms with Gasteiger partial charge in [-0.1, -0.05) is 6.92 Å². The van der Waals surface area contributed by atoms with E-state index in [-0.39, 0.29) is 12.1 Å². The number of carboxylic acid groups (broad SMARTS) is 1. The highest BCUT2D eigenvalue weighted by Gasteiger charge is 2.32. The number of carbonyl (C=O) groups is 2. The van der Waals surface area contributed by atoms with Gasteiger partial charge in [-0.3, -0.25) is 0 Å². The van der Waals surface area contributed by atoms with E-state index in [9.17, 15) is 9.59 Å². The van der Waals surface area contributed by atoms with E-state index in [0.29, 0.717) is 13.0 Å². The number of amides is 2. The van der Waals surface area contributed by atoms with Gasteiger partial charge in [-0.15, -0.1) is 0 Å². The predicted molar refractivity (Wildman–Crippen MR) is 60.3 cm³/mol. The number of carbonyl (C=O) groups excluding carboxylic acids is 1. The predicted octanol–water partition coefficient (Wildman–Crippen LogP) is 1.43. The summed E-state index contributed by atoms with van der Waals surface area (Å²) in [6.07, 6.45) is 3.17. The Morgan fingerprint density at radius 2 is 2.19 bits per heavy atom. The molecule has 5 nitrogen and oxygen atoms in total. The topological polar surface area (TPSA) is 69.6 Å². The van der Waals surface area contributed by atoms with Gasteiger partial charge in [-0.05, 0) is 32.6 Å². The van der Waals surface area contributed by atoms with Crippen LogP contribution in [0.4, 0.5) is 4.79 Å². The minimum absolute atomic E-state index is 0.0869. The Morgan fingerprint density at radius 3 is 2.75 bits per heavy atom. The molecule has 1 heterocycles. The summed E-state index contributed by atoms with van der Waals surface area (Å²) in [7, 11) is 0. The molecule has 0 aromatic rings. The molecule has 1 aliphatic heterocycles. The van der Waals surface area contributed by atoms with Crippen molar-refractivity contribution in [1.82, 2.24) is 10.2 Å². The highest BCUT2D eigenvalue weighted by Crippen LogP contribution is 2.17. The molecule has 0 saturated carbocycles. The lowest BCUT2D eigenvalue weighted by atomic mass is 10.0. The second-order valence-electron chi connectivity index (χ2n) is 4.30. The van der Waals surface area contributed by atoms with E-state index in [1.54, 1.807) is 0 Å². The fourth-order valence-electron chi connectivity index (χ4n) is 1.83. The molecular formula is C11H20N2O3. The zero-order valence-electron chi connectivity index (χ0n) is 9.90. The Balaban J connectivity index is 2.60. The zero-order chi connectivity index (χ0) is 12.1. The molecule has 0 unspecified atom stereocenters. The quantitative estimate of drug-likeness (QED) is 0.767. The first-order chi connectivity index (χ1) is 7.56. The molecule has 0 spiro atoms. The zero-order valence-corrected chi connectivity index (χ0v) is 9.90. The first-order valence-electron chi connectivity index (χ1n) is 5.86. The molecule has 0 aromatic carbocycles. The summed E-state index contributed by atoms with van der Waals surface area (Å²) in [6.45, 7) is 4.44. The van der Waals surface area contributed by atoms with Gasteiger partial charge in [0, 0.05) is 12.6 Å². The SMILES string of the molecule is CC[C@@H](C)NC(=O)N1CCCC[C@H]1C(=O)O. The van der Waals surface area contributed by atoms with E-state index in [1.807, 2.05) is 13.8 Å². The van der Waals surface area contributed by atoms with Gasteiger partial charge in [0.2, 0.25) is 0 Å². The Hall–Kier alpha value is -1.26. The van der Waals surface area contributed by atoms with Crippen molar-refractivity contribution in [1.29, 1.82) is 0 Å². The summed E-state index contributed by atoms with van der Waals surface area (Å²) in [4.78, 5) is 24.3. The fraction of sp³-hybridized carbons (Fsp3) is 0.818. The minimum atomic E-state index is -0.904.